The molecule has 4 heterocycles. The van der Waals surface area contributed by atoms with Crippen molar-refractivity contribution in [1.29, 1.82) is 5.26 Å². The minimum absolute atomic E-state index is 0.00783. The summed E-state index contributed by atoms with van der Waals surface area (Å²) in [6.07, 6.45) is 3.72. The summed E-state index contributed by atoms with van der Waals surface area (Å²) in [4.78, 5) is 27.1. The Morgan fingerprint density at radius 1 is 1.31 bits per heavy atom. The molecule has 11 nitrogen and oxygen atoms in total. The summed E-state index contributed by atoms with van der Waals surface area (Å²) >= 11 is 0. The van der Waals surface area contributed by atoms with Gasteiger partial charge in [0, 0.05) is 45.0 Å². The Morgan fingerprint density at radius 2 is 2.14 bits per heavy atom. The van der Waals surface area contributed by atoms with Gasteiger partial charge in [0.25, 0.3) is 5.91 Å². The zero-order valence-electron chi connectivity index (χ0n) is 20.4. The summed E-state index contributed by atoms with van der Waals surface area (Å²) in [7, 11) is 3.30. The molecule has 0 bridgehead atoms. The molecule has 1 aromatic carbocycles. The first-order valence-corrected chi connectivity index (χ1v) is 12.1. The van der Waals surface area contributed by atoms with Gasteiger partial charge in [-0.2, -0.15) is 15.2 Å². The number of H-pyrrole nitrogens is 1. The number of rotatable bonds is 6. The number of piperidine rings is 1. The molecule has 1 amide bonds. The molecule has 0 saturated carbocycles. The lowest BCUT2D eigenvalue weighted by molar-refractivity contribution is -0.0255. The fourth-order valence-electron chi connectivity index (χ4n) is 4.95. The first-order valence-electron chi connectivity index (χ1n) is 12.1. The molecule has 2 aliphatic heterocycles. The van der Waals surface area contributed by atoms with Gasteiger partial charge in [-0.1, -0.05) is 0 Å². The van der Waals surface area contributed by atoms with Crippen LogP contribution < -0.4 is 20.7 Å². The van der Waals surface area contributed by atoms with Crippen molar-refractivity contribution in [3.63, 3.8) is 0 Å². The van der Waals surface area contributed by atoms with E-state index in [1.54, 1.807) is 38.6 Å². The minimum atomic E-state index is -0.00783. The fourth-order valence-corrected chi connectivity index (χ4v) is 4.95. The number of ether oxygens (including phenoxy) is 2. The summed E-state index contributed by atoms with van der Waals surface area (Å²) in [6.45, 7) is 3.98. The normalized spacial score (nSPS) is 18.6. The van der Waals surface area contributed by atoms with Gasteiger partial charge in [0.05, 0.1) is 36.5 Å². The predicted octanol–water partition coefficient (Wildman–Crippen LogP) is 2.46. The van der Waals surface area contributed by atoms with Crippen molar-refractivity contribution in [3.8, 4) is 11.8 Å². The lowest BCUT2D eigenvalue weighted by Crippen LogP contribution is -2.47. The quantitative estimate of drug-likeness (QED) is 0.410. The highest BCUT2D eigenvalue weighted by atomic mass is 16.5. The van der Waals surface area contributed by atoms with E-state index in [2.05, 4.69) is 37.0 Å². The molecular weight excluding hydrogens is 460 g/mol. The number of carbonyl (C=O) groups excluding carboxylic acids is 1. The Hall–Kier alpha value is -3.88. The molecule has 5 rings (SSSR count). The van der Waals surface area contributed by atoms with E-state index in [9.17, 15) is 10.1 Å². The Balaban J connectivity index is 1.30. The Kier molecular flexibility index (Phi) is 6.88. The van der Waals surface area contributed by atoms with Crippen LogP contribution in [0.3, 0.4) is 0 Å². The van der Waals surface area contributed by atoms with E-state index >= 15 is 0 Å². The molecule has 1 atom stereocenters. The lowest BCUT2D eigenvalue weighted by Gasteiger charge is -2.37. The number of amides is 1. The lowest BCUT2D eigenvalue weighted by atomic mass is 9.90. The number of benzene rings is 1. The summed E-state index contributed by atoms with van der Waals surface area (Å²) in [5.74, 6) is 1.84. The number of likely N-dealkylation sites (tertiary alicyclic amines) is 1. The standard InChI is InChI=1S/C25H30N8O3/c1-27-22-21-17(12-26)13-29-23(21)32-25(31-22)30-18-4-3-16(11-19(18)35-2)24(34)33-8-5-15(6-9-33)20-14-28-7-10-36-20/h3-4,11,13,15,20,28H,5-10,14H2,1-2H3,(H3,27,29,30,31,32). The molecule has 3 aromatic rings. The van der Waals surface area contributed by atoms with Gasteiger partial charge in [-0.25, -0.2) is 0 Å². The van der Waals surface area contributed by atoms with E-state index in [-0.39, 0.29) is 12.0 Å². The van der Waals surface area contributed by atoms with Crippen molar-refractivity contribution >= 4 is 34.4 Å². The number of carbonyl (C=O) groups is 1. The van der Waals surface area contributed by atoms with Crippen LogP contribution in [0.15, 0.2) is 24.4 Å². The zero-order valence-corrected chi connectivity index (χ0v) is 20.4. The third-order valence-corrected chi connectivity index (χ3v) is 6.89. The number of fused-ring (bicyclic) bond motifs is 1. The maximum Gasteiger partial charge on any atom is 0.253 e. The second-order valence-corrected chi connectivity index (χ2v) is 8.97. The summed E-state index contributed by atoms with van der Waals surface area (Å²) in [6, 6.07) is 7.46. The number of nitriles is 1. The zero-order chi connectivity index (χ0) is 25.1. The van der Waals surface area contributed by atoms with Crippen molar-refractivity contribution < 1.29 is 14.3 Å². The van der Waals surface area contributed by atoms with Crippen molar-refractivity contribution in [2.24, 2.45) is 5.92 Å². The number of morpholine rings is 1. The minimum Gasteiger partial charge on any atom is -0.495 e. The Morgan fingerprint density at radius 3 is 2.83 bits per heavy atom. The number of methoxy groups -OCH3 is 1. The van der Waals surface area contributed by atoms with Crippen molar-refractivity contribution in [3.05, 3.63) is 35.5 Å². The van der Waals surface area contributed by atoms with E-state index in [4.69, 9.17) is 9.47 Å². The highest BCUT2D eigenvalue weighted by Gasteiger charge is 2.30. The van der Waals surface area contributed by atoms with Crippen LogP contribution >= 0.6 is 0 Å². The van der Waals surface area contributed by atoms with Gasteiger partial charge in [-0.05, 0) is 37.0 Å². The van der Waals surface area contributed by atoms with E-state index in [0.29, 0.717) is 64.4 Å². The molecule has 4 N–H and O–H groups in total. The average molecular weight is 491 g/mol. The average Bonchev–Trinajstić information content (AvgIpc) is 3.36. The first-order chi connectivity index (χ1) is 17.6. The molecule has 0 radical (unpaired) electrons. The van der Waals surface area contributed by atoms with Crippen LogP contribution in [0.25, 0.3) is 11.0 Å². The van der Waals surface area contributed by atoms with Gasteiger partial charge in [-0.3, -0.25) is 4.79 Å². The third kappa shape index (κ3) is 4.65. The number of aromatic nitrogens is 3. The van der Waals surface area contributed by atoms with E-state index in [0.717, 1.165) is 32.5 Å². The molecule has 2 aromatic heterocycles. The first kappa shape index (κ1) is 23.8. The predicted molar refractivity (Wildman–Crippen MR) is 136 cm³/mol. The maximum atomic E-state index is 13.2. The third-order valence-electron chi connectivity index (χ3n) is 6.89. The van der Waals surface area contributed by atoms with E-state index in [1.165, 1.54) is 0 Å². The van der Waals surface area contributed by atoms with E-state index in [1.807, 2.05) is 4.90 Å². The molecule has 11 heteroatoms. The molecular formula is C25H30N8O3. The van der Waals surface area contributed by atoms with E-state index < -0.39 is 0 Å². The van der Waals surface area contributed by atoms with Gasteiger partial charge < -0.3 is 35.3 Å². The number of aromatic amines is 1. The fraction of sp³-hybridized carbons (Fsp3) is 0.440. The summed E-state index contributed by atoms with van der Waals surface area (Å²) < 4.78 is 11.5. The highest BCUT2D eigenvalue weighted by molar-refractivity contribution is 5.96. The van der Waals surface area contributed by atoms with Crippen molar-refractivity contribution in [1.82, 2.24) is 25.2 Å². The largest absolute Gasteiger partial charge is 0.495 e. The number of hydrogen-bond acceptors (Lipinski definition) is 9. The number of hydrogen-bond donors (Lipinski definition) is 4. The molecule has 0 aliphatic carbocycles. The summed E-state index contributed by atoms with van der Waals surface area (Å²) in [5, 5.41) is 19.5. The van der Waals surface area contributed by atoms with Crippen LogP contribution in [0.4, 0.5) is 17.5 Å². The van der Waals surface area contributed by atoms with Gasteiger partial charge in [0.15, 0.2) is 0 Å². The second-order valence-electron chi connectivity index (χ2n) is 8.97. The van der Waals surface area contributed by atoms with Crippen molar-refractivity contribution in [2.75, 3.05) is 57.6 Å². The highest BCUT2D eigenvalue weighted by Crippen LogP contribution is 2.31. The molecule has 188 valence electrons. The van der Waals surface area contributed by atoms with Gasteiger partial charge in [0.2, 0.25) is 5.95 Å². The maximum absolute atomic E-state index is 13.2. The van der Waals surface area contributed by atoms with Crippen LogP contribution in [0, 0.1) is 17.2 Å². The second kappa shape index (κ2) is 10.4. The molecule has 2 aliphatic rings. The number of anilines is 3. The van der Waals surface area contributed by atoms with Crippen LogP contribution in [0.5, 0.6) is 5.75 Å². The molecule has 1 unspecified atom stereocenters. The van der Waals surface area contributed by atoms with Gasteiger partial charge in [-0.15, -0.1) is 0 Å². The molecule has 36 heavy (non-hydrogen) atoms. The Bertz CT molecular complexity index is 1290. The smallest absolute Gasteiger partial charge is 0.253 e. The van der Waals surface area contributed by atoms with Crippen LogP contribution in [0.2, 0.25) is 0 Å². The Labute approximate surface area is 209 Å². The summed E-state index contributed by atoms with van der Waals surface area (Å²) in [5.41, 5.74) is 2.20. The molecule has 0 spiro atoms. The molecule has 2 fully saturated rings. The number of nitrogens with zero attached hydrogens (tertiary/aromatic N) is 4. The van der Waals surface area contributed by atoms with Gasteiger partial charge in [0.1, 0.15) is 23.3 Å². The van der Waals surface area contributed by atoms with Crippen LogP contribution in [-0.4, -0.2) is 78.8 Å². The number of nitrogens with one attached hydrogen (secondary N) is 4. The topological polar surface area (TPSA) is 140 Å². The van der Waals surface area contributed by atoms with Crippen molar-refractivity contribution in [2.45, 2.75) is 18.9 Å². The SMILES string of the molecule is CNc1nc(Nc2ccc(C(=O)N3CCC(C4CNCCO4)CC3)cc2OC)nc2[nH]cc(C#N)c12. The van der Waals surface area contributed by atoms with Crippen LogP contribution in [0.1, 0.15) is 28.8 Å². The van der Waals surface area contributed by atoms with Crippen LogP contribution in [-0.2, 0) is 4.74 Å². The van der Waals surface area contributed by atoms with Gasteiger partial charge >= 0.3 is 0 Å². The monoisotopic (exact) mass is 490 g/mol. The molecule has 2 saturated heterocycles.